The van der Waals surface area contributed by atoms with Crippen molar-refractivity contribution in [2.24, 2.45) is 11.1 Å². The Morgan fingerprint density at radius 1 is 1.38 bits per heavy atom. The average molecular weight is 482 g/mol. The zero-order valence-electron chi connectivity index (χ0n) is 16.6. The van der Waals surface area contributed by atoms with Crippen molar-refractivity contribution in [3.8, 4) is 5.75 Å². The number of aryl methyl sites for hydroxylation is 1. The second-order valence-corrected chi connectivity index (χ2v) is 9.05. The Morgan fingerprint density at radius 2 is 2.06 bits per heavy atom. The monoisotopic (exact) mass is 482 g/mol. The van der Waals surface area contributed by atoms with Gasteiger partial charge in [-0.1, -0.05) is 6.07 Å². The van der Waals surface area contributed by atoms with Gasteiger partial charge in [0, 0.05) is 25.1 Å². The van der Waals surface area contributed by atoms with Crippen molar-refractivity contribution in [2.45, 2.75) is 49.9 Å². The van der Waals surface area contributed by atoms with Crippen molar-refractivity contribution in [1.82, 2.24) is 9.78 Å². The molecule has 0 bridgehead atoms. The number of carbonyl (C=O) groups is 1. The van der Waals surface area contributed by atoms with E-state index in [1.165, 1.54) is 19.1 Å². The van der Waals surface area contributed by atoms with Crippen molar-refractivity contribution < 1.29 is 39.9 Å². The first-order chi connectivity index (χ1) is 14.6. The molecule has 0 saturated heterocycles. The zero-order valence-corrected chi connectivity index (χ0v) is 17.4. The van der Waals surface area contributed by atoms with Gasteiger partial charge in [0.1, 0.15) is 5.69 Å². The van der Waals surface area contributed by atoms with Crippen LogP contribution in [0.4, 0.5) is 27.6 Å². The largest absolute Gasteiger partial charge is 0.573 e. The lowest BCUT2D eigenvalue weighted by atomic mass is 10.1. The first kappa shape index (κ1) is 23.9. The normalized spacial score (nSPS) is 18.5. The highest BCUT2D eigenvalue weighted by molar-refractivity contribution is 7.89. The fourth-order valence-corrected chi connectivity index (χ4v) is 4.10. The van der Waals surface area contributed by atoms with Crippen LogP contribution in [0, 0.1) is 12.8 Å². The lowest BCUT2D eigenvalue weighted by Gasteiger charge is -2.15. The summed E-state index contributed by atoms with van der Waals surface area (Å²) in [5.74, 6) is -5.47. The molecule has 1 unspecified atom stereocenters. The third-order valence-corrected chi connectivity index (χ3v) is 5.77. The molecule has 1 aliphatic carbocycles. The number of aromatic nitrogens is 2. The highest BCUT2D eigenvalue weighted by Gasteiger charge is 2.41. The quantitative estimate of drug-likeness (QED) is 0.612. The van der Waals surface area contributed by atoms with Gasteiger partial charge in [-0.25, -0.2) is 22.3 Å². The minimum atomic E-state index is -5.14. The third-order valence-electron chi connectivity index (χ3n) is 4.86. The molecule has 176 valence electrons. The van der Waals surface area contributed by atoms with Crippen LogP contribution in [-0.4, -0.2) is 36.4 Å². The van der Waals surface area contributed by atoms with E-state index in [1.807, 2.05) is 0 Å². The van der Waals surface area contributed by atoms with Crippen LogP contribution in [0.25, 0.3) is 0 Å². The maximum atomic E-state index is 13.5. The molecule has 1 aromatic carbocycles. The summed E-state index contributed by atoms with van der Waals surface area (Å²) in [4.78, 5) is 12.5. The van der Waals surface area contributed by atoms with E-state index in [0.717, 1.165) is 16.8 Å². The van der Waals surface area contributed by atoms with E-state index in [9.17, 15) is 35.2 Å². The number of nitrogens with zero attached hydrogens (tertiary/aromatic N) is 2. The SMILES string of the molecule is Cc1nn(CC2CCC(F)(F)C2)c(C(=O)Nc2cccc(S(N)(=O)=O)c2)c1OC(F)(F)F. The summed E-state index contributed by atoms with van der Waals surface area (Å²) in [6, 6.07) is 4.74. The van der Waals surface area contributed by atoms with E-state index < -0.39 is 52.0 Å². The molecule has 0 spiro atoms. The van der Waals surface area contributed by atoms with Gasteiger partial charge in [-0.3, -0.25) is 9.48 Å². The predicted molar refractivity (Wildman–Crippen MR) is 102 cm³/mol. The van der Waals surface area contributed by atoms with Gasteiger partial charge in [-0.15, -0.1) is 13.2 Å². The van der Waals surface area contributed by atoms with Crippen LogP contribution >= 0.6 is 0 Å². The molecule has 3 rings (SSSR count). The lowest BCUT2D eigenvalue weighted by molar-refractivity contribution is -0.275. The number of hydrogen-bond donors (Lipinski definition) is 2. The first-order valence-electron chi connectivity index (χ1n) is 9.30. The van der Waals surface area contributed by atoms with Crippen molar-refractivity contribution in [2.75, 3.05) is 5.32 Å². The Labute approximate surface area is 179 Å². The van der Waals surface area contributed by atoms with Gasteiger partial charge >= 0.3 is 6.36 Å². The van der Waals surface area contributed by atoms with E-state index in [2.05, 4.69) is 15.2 Å². The number of sulfonamides is 1. The summed E-state index contributed by atoms with van der Waals surface area (Å²) in [5, 5.41) is 11.2. The number of nitrogens with one attached hydrogen (secondary N) is 1. The van der Waals surface area contributed by atoms with E-state index in [-0.39, 0.29) is 35.7 Å². The Balaban J connectivity index is 1.96. The second-order valence-electron chi connectivity index (χ2n) is 7.48. The number of halogens is 5. The lowest BCUT2D eigenvalue weighted by Crippen LogP contribution is -2.24. The van der Waals surface area contributed by atoms with Gasteiger partial charge in [0.15, 0.2) is 11.4 Å². The number of rotatable bonds is 6. The molecule has 1 heterocycles. The number of primary sulfonamides is 1. The fourth-order valence-electron chi connectivity index (χ4n) is 3.54. The maximum absolute atomic E-state index is 13.5. The van der Waals surface area contributed by atoms with Crippen molar-refractivity contribution in [1.29, 1.82) is 0 Å². The fraction of sp³-hybridized carbons (Fsp3) is 0.444. The number of carbonyl (C=O) groups excluding carboxylic acids is 1. The van der Waals surface area contributed by atoms with Crippen molar-refractivity contribution >= 4 is 21.6 Å². The number of nitrogens with two attached hydrogens (primary N) is 1. The highest BCUT2D eigenvalue weighted by atomic mass is 32.2. The van der Waals surface area contributed by atoms with E-state index in [0.29, 0.717) is 0 Å². The van der Waals surface area contributed by atoms with Gasteiger partial charge in [-0.05, 0) is 37.5 Å². The molecule has 0 aliphatic heterocycles. The number of hydrogen-bond acceptors (Lipinski definition) is 5. The summed E-state index contributed by atoms with van der Waals surface area (Å²) in [6.07, 6.45) is -5.88. The maximum Gasteiger partial charge on any atom is 0.573 e. The molecule has 1 aliphatic rings. The van der Waals surface area contributed by atoms with Crippen LogP contribution in [0.2, 0.25) is 0 Å². The molecule has 1 atom stereocenters. The zero-order chi connectivity index (χ0) is 23.9. The number of alkyl halides is 5. The summed E-state index contributed by atoms with van der Waals surface area (Å²) in [7, 11) is -4.10. The summed E-state index contributed by atoms with van der Waals surface area (Å²) >= 11 is 0. The molecule has 32 heavy (non-hydrogen) atoms. The van der Waals surface area contributed by atoms with Gasteiger partial charge in [-0.2, -0.15) is 5.10 Å². The highest BCUT2D eigenvalue weighted by Crippen LogP contribution is 2.40. The van der Waals surface area contributed by atoms with Crippen LogP contribution in [-0.2, 0) is 16.6 Å². The van der Waals surface area contributed by atoms with Gasteiger partial charge in [0.05, 0.1) is 4.90 Å². The van der Waals surface area contributed by atoms with Crippen LogP contribution in [0.3, 0.4) is 0 Å². The minimum absolute atomic E-state index is 0.0720. The Kier molecular flexibility index (Phi) is 6.21. The number of ether oxygens (including phenoxy) is 1. The minimum Gasteiger partial charge on any atom is -0.401 e. The molecule has 1 fully saturated rings. The first-order valence-corrected chi connectivity index (χ1v) is 10.8. The smallest absolute Gasteiger partial charge is 0.401 e. The third kappa shape index (κ3) is 5.73. The predicted octanol–water partition coefficient (Wildman–Crippen LogP) is 3.43. The topological polar surface area (TPSA) is 116 Å². The van der Waals surface area contributed by atoms with Gasteiger partial charge in [0.2, 0.25) is 15.9 Å². The summed E-state index contributed by atoms with van der Waals surface area (Å²) in [5.41, 5.74) is -0.969. The van der Waals surface area contributed by atoms with Crippen LogP contribution in [0.5, 0.6) is 5.75 Å². The summed E-state index contributed by atoms with van der Waals surface area (Å²) in [6.45, 7) is 0.955. The second kappa shape index (κ2) is 8.31. The number of amides is 1. The molecule has 1 amide bonds. The van der Waals surface area contributed by atoms with Crippen LogP contribution in [0.1, 0.15) is 35.4 Å². The molecule has 8 nitrogen and oxygen atoms in total. The van der Waals surface area contributed by atoms with Crippen molar-refractivity contribution in [3.63, 3.8) is 0 Å². The molecule has 3 N–H and O–H groups in total. The average Bonchev–Trinajstić information content (AvgIpc) is 3.12. The van der Waals surface area contributed by atoms with E-state index in [4.69, 9.17) is 5.14 Å². The van der Waals surface area contributed by atoms with E-state index >= 15 is 0 Å². The molecule has 1 aromatic heterocycles. The van der Waals surface area contributed by atoms with Crippen molar-refractivity contribution in [3.05, 3.63) is 35.7 Å². The van der Waals surface area contributed by atoms with Crippen LogP contribution < -0.4 is 15.2 Å². The molecule has 2 aromatic rings. The molecule has 0 radical (unpaired) electrons. The molecular formula is C18H19F5N4O4S. The van der Waals surface area contributed by atoms with Gasteiger partial charge in [0.25, 0.3) is 5.91 Å². The van der Waals surface area contributed by atoms with Gasteiger partial charge < -0.3 is 10.1 Å². The Morgan fingerprint density at radius 3 is 2.62 bits per heavy atom. The molecular weight excluding hydrogens is 463 g/mol. The summed E-state index contributed by atoms with van der Waals surface area (Å²) < 4.78 is 93.7. The molecule has 1 saturated carbocycles. The number of anilines is 1. The Bertz CT molecular complexity index is 1130. The standard InChI is InChI=1S/C18H19F5N4O4S/c1-10-15(31-18(21,22)23)14(27(26-10)9-11-5-6-17(19,20)8-11)16(28)25-12-3-2-4-13(7-12)32(24,29)30/h2-4,7,11H,5-6,8-9H2,1H3,(H,25,28)(H2,24,29,30). The van der Waals surface area contributed by atoms with Crippen LogP contribution in [0.15, 0.2) is 29.2 Å². The molecule has 14 heteroatoms. The number of benzene rings is 1. The Hall–Kier alpha value is -2.74. The van der Waals surface area contributed by atoms with E-state index in [1.54, 1.807) is 0 Å².